The molecule has 1 rings (SSSR count). The van der Waals surface area contributed by atoms with Crippen molar-refractivity contribution in [1.82, 2.24) is 10.6 Å². The molecule has 20 heavy (non-hydrogen) atoms. The summed E-state index contributed by atoms with van der Waals surface area (Å²) in [5.41, 5.74) is 5.98. The molecular formula is C14H21N3O3. The highest BCUT2D eigenvalue weighted by molar-refractivity contribution is 5.86. The Bertz CT molecular complexity index is 474. The average molecular weight is 279 g/mol. The van der Waals surface area contributed by atoms with Gasteiger partial charge in [-0.2, -0.15) is 0 Å². The van der Waals surface area contributed by atoms with Gasteiger partial charge >= 0.3 is 6.03 Å². The van der Waals surface area contributed by atoms with Crippen molar-refractivity contribution in [3.8, 4) is 5.75 Å². The minimum Gasteiger partial charge on any atom is -0.497 e. The predicted molar refractivity (Wildman–Crippen MR) is 76.2 cm³/mol. The molecule has 0 spiro atoms. The van der Waals surface area contributed by atoms with Gasteiger partial charge in [-0.25, -0.2) is 4.79 Å². The molecule has 6 nitrogen and oxygen atoms in total. The lowest BCUT2D eigenvalue weighted by molar-refractivity contribution is -0.124. The number of methoxy groups -OCH3 is 1. The van der Waals surface area contributed by atoms with E-state index < -0.39 is 12.1 Å². The quantitative estimate of drug-likeness (QED) is 0.725. The monoisotopic (exact) mass is 279 g/mol. The van der Waals surface area contributed by atoms with Gasteiger partial charge < -0.3 is 21.1 Å². The van der Waals surface area contributed by atoms with Crippen LogP contribution in [-0.4, -0.2) is 25.1 Å². The van der Waals surface area contributed by atoms with Crippen LogP contribution >= 0.6 is 0 Å². The van der Waals surface area contributed by atoms with Crippen LogP contribution in [-0.2, 0) is 11.3 Å². The van der Waals surface area contributed by atoms with E-state index in [2.05, 4.69) is 10.6 Å². The maximum absolute atomic E-state index is 12.0. The molecule has 0 radical (unpaired) electrons. The van der Waals surface area contributed by atoms with Crippen LogP contribution in [0.1, 0.15) is 19.4 Å². The van der Waals surface area contributed by atoms with E-state index in [9.17, 15) is 9.59 Å². The van der Waals surface area contributed by atoms with Gasteiger partial charge in [0.25, 0.3) is 0 Å². The molecule has 0 aliphatic rings. The van der Waals surface area contributed by atoms with Crippen molar-refractivity contribution >= 4 is 11.9 Å². The van der Waals surface area contributed by atoms with E-state index in [0.29, 0.717) is 6.54 Å². The van der Waals surface area contributed by atoms with Gasteiger partial charge in [-0.1, -0.05) is 26.0 Å². The molecule has 3 amide bonds. The highest BCUT2D eigenvalue weighted by Crippen LogP contribution is 2.12. The Balaban J connectivity index is 2.62. The van der Waals surface area contributed by atoms with Crippen LogP contribution in [0.25, 0.3) is 0 Å². The number of rotatable bonds is 6. The molecule has 0 heterocycles. The number of primary amides is 1. The topological polar surface area (TPSA) is 93.4 Å². The first-order valence-corrected chi connectivity index (χ1v) is 6.40. The molecule has 0 aliphatic carbocycles. The number of hydrogen-bond acceptors (Lipinski definition) is 3. The van der Waals surface area contributed by atoms with Gasteiger partial charge in [0.15, 0.2) is 0 Å². The Hall–Kier alpha value is -2.24. The van der Waals surface area contributed by atoms with Crippen molar-refractivity contribution in [3.05, 3.63) is 29.8 Å². The van der Waals surface area contributed by atoms with E-state index in [4.69, 9.17) is 10.5 Å². The van der Waals surface area contributed by atoms with E-state index in [1.54, 1.807) is 7.11 Å². The summed E-state index contributed by atoms with van der Waals surface area (Å²) < 4.78 is 5.11. The van der Waals surface area contributed by atoms with Gasteiger partial charge in [0.1, 0.15) is 11.8 Å². The number of amides is 3. The van der Waals surface area contributed by atoms with E-state index in [-0.39, 0.29) is 11.8 Å². The average Bonchev–Trinajstić information content (AvgIpc) is 2.42. The standard InChI is InChI=1S/C14H21N3O3/c1-9(2)12(17-14(15)19)13(18)16-8-10-5-4-6-11(7-10)20-3/h4-7,9,12H,8H2,1-3H3,(H,16,18)(H3,15,17,19). The molecule has 1 unspecified atom stereocenters. The SMILES string of the molecule is COc1cccc(CNC(=O)C(NC(N)=O)C(C)C)c1. The van der Waals surface area contributed by atoms with Gasteiger partial charge in [-0.3, -0.25) is 4.79 Å². The number of hydrogen-bond donors (Lipinski definition) is 3. The molecule has 1 aromatic rings. The summed E-state index contributed by atoms with van der Waals surface area (Å²) in [4.78, 5) is 22.9. The summed E-state index contributed by atoms with van der Waals surface area (Å²) >= 11 is 0. The maximum atomic E-state index is 12.0. The van der Waals surface area contributed by atoms with Crippen molar-refractivity contribution in [2.75, 3.05) is 7.11 Å². The summed E-state index contributed by atoms with van der Waals surface area (Å²) in [6, 6.07) is 6.05. The third kappa shape index (κ3) is 4.79. The van der Waals surface area contributed by atoms with Crippen LogP contribution in [0.2, 0.25) is 0 Å². The summed E-state index contributed by atoms with van der Waals surface area (Å²) in [5, 5.41) is 5.21. The van der Waals surface area contributed by atoms with Crippen molar-refractivity contribution in [2.24, 2.45) is 11.7 Å². The summed E-state index contributed by atoms with van der Waals surface area (Å²) in [5.74, 6) is 0.418. The normalized spacial score (nSPS) is 11.8. The second-order valence-electron chi connectivity index (χ2n) is 4.80. The number of benzene rings is 1. The van der Waals surface area contributed by atoms with Gasteiger partial charge in [0.2, 0.25) is 5.91 Å². The summed E-state index contributed by atoms with van der Waals surface area (Å²) in [6.07, 6.45) is 0. The maximum Gasteiger partial charge on any atom is 0.312 e. The fraction of sp³-hybridized carbons (Fsp3) is 0.429. The zero-order valence-electron chi connectivity index (χ0n) is 12.0. The molecule has 0 aliphatic heterocycles. The number of urea groups is 1. The zero-order valence-corrected chi connectivity index (χ0v) is 12.0. The Morgan fingerprint density at radius 3 is 2.60 bits per heavy atom. The van der Waals surface area contributed by atoms with E-state index >= 15 is 0 Å². The van der Waals surface area contributed by atoms with Crippen molar-refractivity contribution in [2.45, 2.75) is 26.4 Å². The highest BCUT2D eigenvalue weighted by atomic mass is 16.5. The number of carbonyl (C=O) groups is 2. The predicted octanol–water partition coefficient (Wildman–Crippen LogP) is 1.00. The molecule has 4 N–H and O–H groups in total. The number of carbonyl (C=O) groups excluding carboxylic acids is 2. The molecule has 0 fully saturated rings. The van der Waals surface area contributed by atoms with Crippen LogP contribution in [0.4, 0.5) is 4.79 Å². The lowest BCUT2D eigenvalue weighted by atomic mass is 10.0. The molecule has 110 valence electrons. The van der Waals surface area contributed by atoms with Crippen molar-refractivity contribution < 1.29 is 14.3 Å². The Labute approximate surface area is 118 Å². The fourth-order valence-electron chi connectivity index (χ4n) is 1.77. The smallest absolute Gasteiger partial charge is 0.312 e. The van der Waals surface area contributed by atoms with Crippen molar-refractivity contribution in [3.63, 3.8) is 0 Å². The zero-order chi connectivity index (χ0) is 15.1. The Morgan fingerprint density at radius 2 is 2.05 bits per heavy atom. The van der Waals surface area contributed by atoms with Crippen LogP contribution in [0.5, 0.6) is 5.75 Å². The number of ether oxygens (including phenoxy) is 1. The molecule has 0 aromatic heterocycles. The van der Waals surface area contributed by atoms with Gasteiger partial charge in [0.05, 0.1) is 7.11 Å². The number of nitrogens with one attached hydrogen (secondary N) is 2. The van der Waals surface area contributed by atoms with Crippen LogP contribution in [0.15, 0.2) is 24.3 Å². The molecule has 1 aromatic carbocycles. The molecule has 0 saturated heterocycles. The lowest BCUT2D eigenvalue weighted by Crippen LogP contribution is -2.51. The largest absolute Gasteiger partial charge is 0.497 e. The molecule has 0 saturated carbocycles. The van der Waals surface area contributed by atoms with E-state index in [0.717, 1.165) is 11.3 Å². The third-order valence-corrected chi connectivity index (χ3v) is 2.85. The van der Waals surface area contributed by atoms with Crippen LogP contribution in [0, 0.1) is 5.92 Å². The molecule has 1 atom stereocenters. The Kier molecular flexibility index (Phi) is 5.83. The molecular weight excluding hydrogens is 258 g/mol. The van der Waals surface area contributed by atoms with E-state index in [1.807, 2.05) is 38.1 Å². The first kappa shape index (κ1) is 15.8. The van der Waals surface area contributed by atoms with Gasteiger partial charge in [0, 0.05) is 6.54 Å². The highest BCUT2D eigenvalue weighted by Gasteiger charge is 2.22. The van der Waals surface area contributed by atoms with Crippen LogP contribution < -0.4 is 21.1 Å². The van der Waals surface area contributed by atoms with Crippen molar-refractivity contribution in [1.29, 1.82) is 0 Å². The second kappa shape index (κ2) is 7.37. The third-order valence-electron chi connectivity index (χ3n) is 2.85. The molecule has 0 bridgehead atoms. The first-order chi connectivity index (χ1) is 9.43. The van der Waals surface area contributed by atoms with E-state index in [1.165, 1.54) is 0 Å². The van der Waals surface area contributed by atoms with Gasteiger partial charge in [-0.05, 0) is 23.6 Å². The molecule has 6 heteroatoms. The summed E-state index contributed by atoms with van der Waals surface area (Å²) in [6.45, 7) is 4.04. The first-order valence-electron chi connectivity index (χ1n) is 6.40. The summed E-state index contributed by atoms with van der Waals surface area (Å²) in [7, 11) is 1.59. The lowest BCUT2D eigenvalue weighted by Gasteiger charge is -2.20. The minimum absolute atomic E-state index is 0.0483. The fourth-order valence-corrected chi connectivity index (χ4v) is 1.77. The minimum atomic E-state index is -0.708. The number of nitrogens with two attached hydrogens (primary N) is 1. The second-order valence-corrected chi connectivity index (χ2v) is 4.80. The van der Waals surface area contributed by atoms with Gasteiger partial charge in [-0.15, -0.1) is 0 Å². The Morgan fingerprint density at radius 1 is 1.35 bits per heavy atom. The van der Waals surface area contributed by atoms with Crippen LogP contribution in [0.3, 0.4) is 0 Å².